The first kappa shape index (κ1) is 19.5. The van der Waals surface area contributed by atoms with Crippen molar-refractivity contribution in [2.45, 2.75) is 54.1 Å². The number of amides is 1. The van der Waals surface area contributed by atoms with Crippen LogP contribution < -0.4 is 4.18 Å². The zero-order valence-electron chi connectivity index (χ0n) is 14.8. The molecule has 0 aliphatic rings. The Kier molecular flexibility index (Phi) is 6.22. The van der Waals surface area contributed by atoms with E-state index in [2.05, 4.69) is 0 Å². The molecule has 0 saturated carbocycles. The van der Waals surface area contributed by atoms with Crippen LogP contribution in [0.3, 0.4) is 0 Å². The van der Waals surface area contributed by atoms with E-state index in [-0.39, 0.29) is 23.5 Å². The Morgan fingerprint density at radius 3 is 2.09 bits per heavy atom. The molecule has 5 nitrogen and oxygen atoms in total. The van der Waals surface area contributed by atoms with Crippen molar-refractivity contribution < 1.29 is 17.4 Å². The minimum Gasteiger partial charge on any atom is -0.382 e. The van der Waals surface area contributed by atoms with Gasteiger partial charge in [-0.15, -0.1) is 0 Å². The number of rotatable bonds is 6. The normalized spacial score (nSPS) is 12.3. The van der Waals surface area contributed by atoms with Crippen molar-refractivity contribution >= 4 is 16.0 Å². The quantitative estimate of drug-likeness (QED) is 0.745. The maximum Gasteiger partial charge on any atom is 0.308 e. The Labute approximate surface area is 139 Å². The molecule has 1 aromatic carbocycles. The summed E-state index contributed by atoms with van der Waals surface area (Å²) in [7, 11) is -3.52. The smallest absolute Gasteiger partial charge is 0.308 e. The third kappa shape index (κ3) is 5.86. The molecule has 0 radical (unpaired) electrons. The highest BCUT2D eigenvalue weighted by atomic mass is 32.2. The van der Waals surface area contributed by atoms with Crippen molar-refractivity contribution in [2.24, 2.45) is 5.41 Å². The van der Waals surface area contributed by atoms with Crippen molar-refractivity contribution in [3.8, 4) is 5.75 Å². The second-order valence-corrected chi connectivity index (χ2v) is 8.71. The lowest BCUT2D eigenvalue weighted by Crippen LogP contribution is -2.43. The molecule has 23 heavy (non-hydrogen) atoms. The van der Waals surface area contributed by atoms with Gasteiger partial charge in [0.2, 0.25) is 5.91 Å². The number of benzene rings is 1. The van der Waals surface area contributed by atoms with Crippen LogP contribution >= 0.6 is 0 Å². The van der Waals surface area contributed by atoms with E-state index >= 15 is 0 Å². The van der Waals surface area contributed by atoms with Crippen LogP contribution in [0.5, 0.6) is 5.75 Å². The third-order valence-corrected chi connectivity index (χ3v) is 4.53. The Morgan fingerprint density at radius 1 is 1.17 bits per heavy atom. The minimum atomic E-state index is -3.52. The molecule has 0 fully saturated rings. The highest BCUT2D eigenvalue weighted by molar-refractivity contribution is 7.87. The van der Waals surface area contributed by atoms with Gasteiger partial charge in [0.25, 0.3) is 0 Å². The Morgan fingerprint density at radius 2 is 1.70 bits per heavy atom. The molecule has 0 aromatic heterocycles. The molecule has 0 bridgehead atoms. The van der Waals surface area contributed by atoms with E-state index in [0.717, 1.165) is 5.56 Å². The predicted octanol–water partition coefficient (Wildman–Crippen LogP) is 3.20. The highest BCUT2D eigenvalue weighted by Crippen LogP contribution is 2.22. The first-order valence-electron chi connectivity index (χ1n) is 7.78. The summed E-state index contributed by atoms with van der Waals surface area (Å²) in [5, 5.41) is 0. The molecule has 1 aromatic rings. The molecular weight excluding hydrogens is 314 g/mol. The van der Waals surface area contributed by atoms with Gasteiger partial charge in [-0.25, -0.2) is 0 Å². The number of hydrogen-bond donors (Lipinski definition) is 0. The summed E-state index contributed by atoms with van der Waals surface area (Å²) in [6.45, 7) is 11.7. The van der Waals surface area contributed by atoms with Gasteiger partial charge in [0, 0.05) is 18.0 Å². The largest absolute Gasteiger partial charge is 0.382 e. The monoisotopic (exact) mass is 341 g/mol. The second-order valence-electron chi connectivity index (χ2n) is 6.85. The fourth-order valence-corrected chi connectivity index (χ4v) is 2.49. The van der Waals surface area contributed by atoms with Gasteiger partial charge in [0.1, 0.15) is 5.75 Å². The number of carbonyl (C=O) groups excluding carboxylic acids is 1. The number of carbonyl (C=O) groups is 1. The van der Waals surface area contributed by atoms with Crippen molar-refractivity contribution in [3.05, 3.63) is 29.8 Å². The second kappa shape index (κ2) is 7.34. The van der Waals surface area contributed by atoms with E-state index in [1.807, 2.05) is 39.5 Å². The molecule has 0 heterocycles. The Balaban J connectivity index is 2.89. The topological polar surface area (TPSA) is 63.7 Å². The van der Waals surface area contributed by atoms with E-state index in [4.69, 9.17) is 4.18 Å². The van der Waals surface area contributed by atoms with Gasteiger partial charge in [0.15, 0.2) is 0 Å². The Bertz CT molecular complexity index is 628. The van der Waals surface area contributed by atoms with Crippen molar-refractivity contribution in [3.63, 3.8) is 0 Å². The molecule has 0 spiro atoms. The third-order valence-electron chi connectivity index (χ3n) is 3.38. The molecule has 130 valence electrons. The average Bonchev–Trinajstić information content (AvgIpc) is 2.44. The van der Waals surface area contributed by atoms with E-state index in [1.165, 1.54) is 6.92 Å². The molecule has 0 aliphatic carbocycles. The van der Waals surface area contributed by atoms with Gasteiger partial charge in [-0.3, -0.25) is 4.79 Å². The lowest BCUT2D eigenvalue weighted by atomic mass is 9.93. The van der Waals surface area contributed by atoms with Crippen LogP contribution in [0.4, 0.5) is 0 Å². The van der Waals surface area contributed by atoms with Gasteiger partial charge in [-0.2, -0.15) is 8.42 Å². The molecule has 0 saturated heterocycles. The van der Waals surface area contributed by atoms with Crippen molar-refractivity contribution in [2.75, 3.05) is 5.75 Å². The molecule has 0 aliphatic heterocycles. The summed E-state index contributed by atoms with van der Waals surface area (Å²) in [5.41, 5.74) is 0.486. The first-order chi connectivity index (χ1) is 10.5. The standard InChI is InChI=1S/C17H27NO4S/c1-7-23(20,21)22-15-10-8-14(9-11-15)12-18(13(2)3)16(19)17(4,5)6/h8-11,13H,7,12H2,1-6H3. The molecule has 0 unspecified atom stereocenters. The maximum absolute atomic E-state index is 12.5. The average molecular weight is 341 g/mol. The summed E-state index contributed by atoms with van der Waals surface area (Å²) in [6, 6.07) is 6.88. The molecule has 1 amide bonds. The number of nitrogens with zero attached hydrogens (tertiary/aromatic N) is 1. The van der Waals surface area contributed by atoms with Gasteiger partial charge in [0.05, 0.1) is 5.75 Å². The van der Waals surface area contributed by atoms with E-state index in [1.54, 1.807) is 24.3 Å². The predicted molar refractivity (Wildman–Crippen MR) is 91.7 cm³/mol. The van der Waals surface area contributed by atoms with Gasteiger partial charge < -0.3 is 9.08 Å². The summed E-state index contributed by atoms with van der Waals surface area (Å²) in [6.07, 6.45) is 0. The summed E-state index contributed by atoms with van der Waals surface area (Å²) in [4.78, 5) is 14.3. The fraction of sp³-hybridized carbons (Fsp3) is 0.588. The van der Waals surface area contributed by atoms with Crippen LogP contribution in [-0.2, 0) is 21.5 Å². The van der Waals surface area contributed by atoms with E-state index in [0.29, 0.717) is 6.54 Å². The van der Waals surface area contributed by atoms with Crippen LogP contribution in [0.15, 0.2) is 24.3 Å². The zero-order valence-corrected chi connectivity index (χ0v) is 15.6. The molecule has 0 N–H and O–H groups in total. The van der Waals surface area contributed by atoms with Crippen LogP contribution in [0.25, 0.3) is 0 Å². The summed E-state index contributed by atoms with van der Waals surface area (Å²) in [5.74, 6) is 0.297. The number of hydrogen-bond acceptors (Lipinski definition) is 4. The van der Waals surface area contributed by atoms with Crippen LogP contribution in [0.2, 0.25) is 0 Å². The van der Waals surface area contributed by atoms with Crippen molar-refractivity contribution in [1.82, 2.24) is 4.90 Å². The molecular formula is C17H27NO4S. The first-order valence-corrected chi connectivity index (χ1v) is 9.36. The molecule has 6 heteroatoms. The van der Waals surface area contributed by atoms with E-state index < -0.39 is 15.5 Å². The highest BCUT2D eigenvalue weighted by Gasteiger charge is 2.28. The summed E-state index contributed by atoms with van der Waals surface area (Å²) < 4.78 is 27.8. The zero-order chi connectivity index (χ0) is 17.8. The SMILES string of the molecule is CCS(=O)(=O)Oc1ccc(CN(C(=O)C(C)(C)C)C(C)C)cc1. The molecule has 0 atom stereocenters. The Hall–Kier alpha value is -1.56. The van der Waals surface area contributed by atoms with Crippen LogP contribution in [0, 0.1) is 5.41 Å². The van der Waals surface area contributed by atoms with E-state index in [9.17, 15) is 13.2 Å². The minimum absolute atomic E-state index is 0.0734. The van der Waals surface area contributed by atoms with Gasteiger partial charge in [-0.1, -0.05) is 32.9 Å². The maximum atomic E-state index is 12.5. The lowest BCUT2D eigenvalue weighted by Gasteiger charge is -2.32. The lowest BCUT2D eigenvalue weighted by molar-refractivity contribution is -0.142. The molecule has 1 rings (SSSR count). The van der Waals surface area contributed by atoms with Gasteiger partial charge in [-0.05, 0) is 38.5 Å². The van der Waals surface area contributed by atoms with Gasteiger partial charge >= 0.3 is 10.1 Å². The van der Waals surface area contributed by atoms with Crippen LogP contribution in [-0.4, -0.2) is 31.0 Å². The summed E-state index contributed by atoms with van der Waals surface area (Å²) >= 11 is 0. The van der Waals surface area contributed by atoms with Crippen LogP contribution in [0.1, 0.15) is 47.1 Å². The van der Waals surface area contributed by atoms with Crippen molar-refractivity contribution in [1.29, 1.82) is 0 Å². The fourth-order valence-electron chi connectivity index (χ4n) is 1.97.